The van der Waals surface area contributed by atoms with Gasteiger partial charge < -0.3 is 14.9 Å². The number of nitrogens with one attached hydrogen (secondary N) is 1. The van der Waals surface area contributed by atoms with Crippen molar-refractivity contribution in [3.8, 4) is 5.75 Å². The zero-order valence-electron chi connectivity index (χ0n) is 16.0. The van der Waals surface area contributed by atoms with E-state index in [4.69, 9.17) is 9.57 Å². The molecule has 3 aromatic rings. The lowest BCUT2D eigenvalue weighted by Gasteiger charge is -2.08. The van der Waals surface area contributed by atoms with Gasteiger partial charge in [-0.2, -0.15) is 0 Å². The largest absolute Gasteiger partial charge is 0.488 e. The average Bonchev–Trinajstić information content (AvgIpc) is 2.73. The van der Waals surface area contributed by atoms with Gasteiger partial charge in [0.2, 0.25) is 0 Å². The van der Waals surface area contributed by atoms with E-state index >= 15 is 0 Å². The van der Waals surface area contributed by atoms with Crippen molar-refractivity contribution in [3.05, 3.63) is 94.0 Å². The minimum atomic E-state index is -0.267. The predicted molar refractivity (Wildman–Crippen MR) is 118 cm³/mol. The molecule has 0 spiro atoms. The molecule has 0 aromatic heterocycles. The van der Waals surface area contributed by atoms with Crippen LogP contribution in [0.5, 0.6) is 5.75 Å². The molecule has 29 heavy (non-hydrogen) atoms. The summed E-state index contributed by atoms with van der Waals surface area (Å²) in [6.07, 6.45) is 1.55. The van der Waals surface area contributed by atoms with Gasteiger partial charge in [0, 0.05) is 5.69 Å². The van der Waals surface area contributed by atoms with Crippen LogP contribution in [0.15, 0.2) is 82.4 Å². The number of carbonyl (C=O) groups excluding carboxylic acids is 1. The van der Waals surface area contributed by atoms with Crippen LogP contribution in [0.3, 0.4) is 0 Å². The van der Waals surface area contributed by atoms with E-state index in [-0.39, 0.29) is 12.5 Å². The van der Waals surface area contributed by atoms with Crippen molar-refractivity contribution in [2.24, 2.45) is 5.16 Å². The van der Waals surface area contributed by atoms with Crippen LogP contribution in [-0.4, -0.2) is 18.7 Å². The first-order valence-electron chi connectivity index (χ1n) is 9.08. The molecule has 0 aliphatic heterocycles. The van der Waals surface area contributed by atoms with E-state index in [9.17, 15) is 4.79 Å². The molecule has 148 valence electrons. The Morgan fingerprint density at radius 3 is 2.55 bits per heavy atom. The normalized spacial score (nSPS) is 10.7. The minimum absolute atomic E-state index is 0.163. The van der Waals surface area contributed by atoms with Crippen molar-refractivity contribution in [1.29, 1.82) is 0 Å². The van der Waals surface area contributed by atoms with Crippen molar-refractivity contribution in [3.63, 3.8) is 0 Å². The molecule has 0 aliphatic rings. The van der Waals surface area contributed by atoms with E-state index in [1.807, 2.05) is 79.7 Å². The van der Waals surface area contributed by atoms with Crippen molar-refractivity contribution in [2.75, 3.05) is 11.9 Å². The third kappa shape index (κ3) is 6.76. The van der Waals surface area contributed by atoms with Crippen molar-refractivity contribution < 1.29 is 14.4 Å². The third-order valence-corrected chi connectivity index (χ3v) is 4.62. The van der Waals surface area contributed by atoms with Crippen LogP contribution in [-0.2, 0) is 16.2 Å². The van der Waals surface area contributed by atoms with E-state index in [0.717, 1.165) is 32.6 Å². The smallest absolute Gasteiger partial charge is 0.265 e. The quantitative estimate of drug-likeness (QED) is 0.371. The Balaban J connectivity index is 1.46. The van der Waals surface area contributed by atoms with Gasteiger partial charge in [0.1, 0.15) is 12.4 Å². The summed E-state index contributed by atoms with van der Waals surface area (Å²) in [7, 11) is 0. The molecule has 0 bridgehead atoms. The third-order valence-electron chi connectivity index (χ3n) is 4.00. The molecule has 0 fully saturated rings. The van der Waals surface area contributed by atoms with Gasteiger partial charge >= 0.3 is 0 Å². The number of rotatable bonds is 8. The van der Waals surface area contributed by atoms with Crippen LogP contribution >= 0.6 is 15.9 Å². The Kier molecular flexibility index (Phi) is 7.41. The molecule has 0 saturated heterocycles. The number of ether oxygens (including phenoxy) is 1. The van der Waals surface area contributed by atoms with Gasteiger partial charge in [-0.3, -0.25) is 4.79 Å². The summed E-state index contributed by atoms with van der Waals surface area (Å²) in [5.74, 6) is 0.473. The minimum Gasteiger partial charge on any atom is -0.488 e. The number of hydrogen-bond acceptors (Lipinski definition) is 4. The highest BCUT2D eigenvalue weighted by molar-refractivity contribution is 9.10. The first kappa shape index (κ1) is 20.6. The van der Waals surface area contributed by atoms with E-state index in [1.165, 1.54) is 0 Å². The van der Waals surface area contributed by atoms with E-state index < -0.39 is 0 Å². The second-order valence-electron chi connectivity index (χ2n) is 6.39. The van der Waals surface area contributed by atoms with Gasteiger partial charge in [-0.05, 0) is 64.3 Å². The molecule has 0 radical (unpaired) electrons. The van der Waals surface area contributed by atoms with Crippen molar-refractivity contribution in [1.82, 2.24) is 0 Å². The number of benzene rings is 3. The van der Waals surface area contributed by atoms with Crippen LogP contribution in [0.25, 0.3) is 0 Å². The van der Waals surface area contributed by atoms with Crippen LogP contribution < -0.4 is 10.1 Å². The van der Waals surface area contributed by atoms with E-state index in [2.05, 4.69) is 26.4 Å². The monoisotopic (exact) mass is 452 g/mol. The van der Waals surface area contributed by atoms with Crippen molar-refractivity contribution in [2.45, 2.75) is 13.5 Å². The fourth-order valence-corrected chi connectivity index (χ4v) is 2.99. The highest BCUT2D eigenvalue weighted by Gasteiger charge is 2.04. The van der Waals surface area contributed by atoms with Gasteiger partial charge in [-0.1, -0.05) is 53.2 Å². The summed E-state index contributed by atoms with van der Waals surface area (Å²) in [5.41, 5.74) is 3.78. The number of nitrogens with zero attached hydrogens (tertiary/aromatic N) is 1. The standard InChI is InChI=1S/C23H21BrN2O3/c1-17-7-10-20(11-8-17)26-23(27)16-29-25-14-19-9-12-22(21(24)13-19)28-15-18-5-3-2-4-6-18/h2-14H,15-16H2,1H3,(H,26,27)/b25-14+. The number of hydrogen-bond donors (Lipinski definition) is 1. The Bertz CT molecular complexity index is 973. The lowest BCUT2D eigenvalue weighted by molar-refractivity contribution is -0.120. The molecular formula is C23H21BrN2O3. The Hall–Kier alpha value is -3.12. The molecule has 6 heteroatoms. The fraction of sp³-hybridized carbons (Fsp3) is 0.130. The first-order valence-corrected chi connectivity index (χ1v) is 9.87. The van der Waals surface area contributed by atoms with E-state index in [0.29, 0.717) is 6.61 Å². The van der Waals surface area contributed by atoms with Crippen molar-refractivity contribution >= 4 is 33.7 Å². The summed E-state index contributed by atoms with van der Waals surface area (Å²) < 4.78 is 6.64. The van der Waals surface area contributed by atoms with Crippen LogP contribution in [0.2, 0.25) is 0 Å². The Morgan fingerprint density at radius 2 is 1.83 bits per heavy atom. The van der Waals surface area contributed by atoms with Gasteiger partial charge in [0.05, 0.1) is 10.7 Å². The molecule has 1 N–H and O–H groups in total. The SMILES string of the molecule is Cc1ccc(NC(=O)CO/N=C/c2ccc(OCc3ccccc3)c(Br)c2)cc1. The van der Waals surface area contributed by atoms with Gasteiger partial charge in [0.15, 0.2) is 6.61 Å². The lowest BCUT2D eigenvalue weighted by Crippen LogP contribution is -2.16. The number of amides is 1. The second-order valence-corrected chi connectivity index (χ2v) is 7.24. The topological polar surface area (TPSA) is 59.9 Å². The average molecular weight is 453 g/mol. The first-order chi connectivity index (χ1) is 14.1. The van der Waals surface area contributed by atoms with Gasteiger partial charge in [0.25, 0.3) is 5.91 Å². The van der Waals surface area contributed by atoms with E-state index in [1.54, 1.807) is 6.21 Å². The highest BCUT2D eigenvalue weighted by Crippen LogP contribution is 2.26. The molecule has 5 nitrogen and oxygen atoms in total. The number of carbonyl (C=O) groups is 1. The second kappa shape index (κ2) is 10.4. The zero-order valence-corrected chi connectivity index (χ0v) is 17.6. The zero-order chi connectivity index (χ0) is 20.5. The predicted octanol–water partition coefficient (Wildman–Crippen LogP) is 5.33. The Morgan fingerprint density at radius 1 is 1.07 bits per heavy atom. The number of oxime groups is 1. The molecule has 0 aliphatic carbocycles. The van der Waals surface area contributed by atoms with Crippen LogP contribution in [0.4, 0.5) is 5.69 Å². The summed E-state index contributed by atoms with van der Waals surface area (Å²) >= 11 is 3.50. The number of aryl methyl sites for hydroxylation is 1. The van der Waals surface area contributed by atoms with Crippen LogP contribution in [0.1, 0.15) is 16.7 Å². The maximum Gasteiger partial charge on any atom is 0.265 e. The van der Waals surface area contributed by atoms with Gasteiger partial charge in [-0.25, -0.2) is 0 Å². The molecule has 0 atom stereocenters. The lowest BCUT2D eigenvalue weighted by atomic mass is 10.2. The maximum atomic E-state index is 11.9. The van der Waals surface area contributed by atoms with Gasteiger partial charge in [-0.15, -0.1) is 0 Å². The molecule has 1 amide bonds. The molecule has 3 rings (SSSR count). The summed E-state index contributed by atoms with van der Waals surface area (Å²) in [6.45, 7) is 2.32. The molecular weight excluding hydrogens is 432 g/mol. The molecule has 0 heterocycles. The summed E-state index contributed by atoms with van der Waals surface area (Å²) in [4.78, 5) is 16.9. The number of anilines is 1. The fourth-order valence-electron chi connectivity index (χ4n) is 2.48. The molecule has 0 unspecified atom stereocenters. The molecule has 0 saturated carbocycles. The van der Waals surface area contributed by atoms with Crippen LogP contribution in [0, 0.1) is 6.92 Å². The Labute approximate surface area is 178 Å². The summed E-state index contributed by atoms with van der Waals surface area (Å²) in [5, 5.41) is 6.60. The molecule has 3 aromatic carbocycles. The number of halogens is 1. The highest BCUT2D eigenvalue weighted by atomic mass is 79.9. The maximum absolute atomic E-state index is 11.9. The summed E-state index contributed by atoms with van der Waals surface area (Å²) in [6, 6.07) is 23.1.